The Bertz CT molecular complexity index is 587. The lowest BCUT2D eigenvalue weighted by Gasteiger charge is -2.14. The van der Waals surface area contributed by atoms with Crippen LogP contribution in [0.1, 0.15) is 28.9 Å². The van der Waals surface area contributed by atoms with Crippen molar-refractivity contribution in [3.8, 4) is 5.75 Å². The second-order valence-electron chi connectivity index (χ2n) is 4.14. The molecule has 0 saturated carbocycles. The molecule has 4 nitrogen and oxygen atoms in total. The molecule has 0 bridgehead atoms. The number of rotatable bonds is 3. The molecule has 98 valence electrons. The van der Waals surface area contributed by atoms with Gasteiger partial charge in [0.25, 0.3) is 5.91 Å². The highest BCUT2D eigenvalue weighted by Gasteiger charge is 2.15. The van der Waals surface area contributed by atoms with Crippen LogP contribution in [-0.4, -0.2) is 16.0 Å². The number of amides is 1. The second kappa shape index (κ2) is 5.48. The number of aromatic nitrogens is 1. The van der Waals surface area contributed by atoms with Crippen LogP contribution in [0.25, 0.3) is 0 Å². The van der Waals surface area contributed by atoms with Crippen molar-refractivity contribution in [2.45, 2.75) is 13.0 Å². The molecule has 0 spiro atoms. The number of phenolic OH excluding ortho intramolecular Hbond substituents is 1. The van der Waals surface area contributed by atoms with E-state index in [0.717, 1.165) is 23.8 Å². The van der Waals surface area contributed by atoms with Crippen LogP contribution in [0.15, 0.2) is 42.7 Å². The number of pyridine rings is 1. The molecule has 0 aliphatic carbocycles. The summed E-state index contributed by atoms with van der Waals surface area (Å²) in [6.45, 7) is 1.80. The van der Waals surface area contributed by atoms with E-state index in [1.54, 1.807) is 31.5 Å². The molecule has 0 aliphatic heterocycles. The predicted molar refractivity (Wildman–Crippen MR) is 68.2 cm³/mol. The van der Waals surface area contributed by atoms with Gasteiger partial charge in [0, 0.05) is 12.4 Å². The zero-order valence-corrected chi connectivity index (χ0v) is 10.3. The van der Waals surface area contributed by atoms with Crippen molar-refractivity contribution in [2.75, 3.05) is 0 Å². The van der Waals surface area contributed by atoms with Crippen molar-refractivity contribution in [3.63, 3.8) is 0 Å². The Kier molecular flexibility index (Phi) is 3.75. The maximum atomic E-state index is 13.1. The maximum Gasteiger partial charge on any atom is 0.255 e. The molecule has 0 radical (unpaired) electrons. The average Bonchev–Trinajstić information content (AvgIpc) is 2.42. The fourth-order valence-electron chi connectivity index (χ4n) is 1.70. The van der Waals surface area contributed by atoms with E-state index >= 15 is 0 Å². The molecule has 2 aromatic rings. The van der Waals surface area contributed by atoms with E-state index in [1.165, 1.54) is 0 Å². The summed E-state index contributed by atoms with van der Waals surface area (Å²) in [5, 5.41) is 12.2. The molecule has 1 aromatic carbocycles. The number of halogens is 1. The van der Waals surface area contributed by atoms with E-state index in [1.807, 2.05) is 0 Å². The lowest BCUT2D eigenvalue weighted by Crippen LogP contribution is -2.26. The molecule has 1 aromatic heterocycles. The van der Waals surface area contributed by atoms with Crippen molar-refractivity contribution in [2.24, 2.45) is 0 Å². The van der Waals surface area contributed by atoms with Crippen LogP contribution in [0.2, 0.25) is 0 Å². The third-order valence-electron chi connectivity index (χ3n) is 2.76. The van der Waals surface area contributed by atoms with Crippen molar-refractivity contribution in [1.29, 1.82) is 0 Å². The summed E-state index contributed by atoms with van der Waals surface area (Å²) in [6, 6.07) is 6.54. The summed E-state index contributed by atoms with van der Waals surface area (Å²) in [4.78, 5) is 15.8. The van der Waals surface area contributed by atoms with Crippen LogP contribution in [-0.2, 0) is 0 Å². The van der Waals surface area contributed by atoms with Crippen molar-refractivity contribution in [1.82, 2.24) is 10.3 Å². The summed E-state index contributed by atoms with van der Waals surface area (Å²) in [5.74, 6) is -1.35. The highest BCUT2D eigenvalue weighted by atomic mass is 19.1. The molecule has 2 N–H and O–H groups in total. The smallest absolute Gasteiger partial charge is 0.255 e. The Hall–Kier alpha value is -2.43. The molecule has 1 atom stereocenters. The first kappa shape index (κ1) is 13.0. The molecule has 5 heteroatoms. The molecule has 19 heavy (non-hydrogen) atoms. The molecular formula is C14H13FN2O2. The summed E-state index contributed by atoms with van der Waals surface area (Å²) in [7, 11) is 0. The van der Waals surface area contributed by atoms with Crippen LogP contribution in [0.3, 0.4) is 0 Å². The zero-order chi connectivity index (χ0) is 13.8. The Morgan fingerprint density at radius 2 is 2.00 bits per heavy atom. The van der Waals surface area contributed by atoms with Crippen molar-refractivity contribution < 1.29 is 14.3 Å². The average molecular weight is 260 g/mol. The fraction of sp³-hybridized carbons (Fsp3) is 0.143. The predicted octanol–water partition coefficient (Wildman–Crippen LogP) is 2.42. The van der Waals surface area contributed by atoms with Gasteiger partial charge < -0.3 is 10.4 Å². The number of carbonyl (C=O) groups excluding carboxylic acids is 1. The summed E-state index contributed by atoms with van der Waals surface area (Å²) < 4.78 is 13.1. The molecule has 0 saturated heterocycles. The number of hydrogen-bond acceptors (Lipinski definition) is 3. The van der Waals surface area contributed by atoms with Crippen LogP contribution < -0.4 is 5.32 Å². The normalized spacial score (nSPS) is 11.9. The number of aromatic hydroxyl groups is 1. The second-order valence-corrected chi connectivity index (χ2v) is 4.14. The van der Waals surface area contributed by atoms with E-state index in [0.29, 0.717) is 0 Å². The summed E-state index contributed by atoms with van der Waals surface area (Å²) >= 11 is 0. The molecular weight excluding hydrogens is 247 g/mol. The zero-order valence-electron chi connectivity index (χ0n) is 10.3. The van der Waals surface area contributed by atoms with Gasteiger partial charge >= 0.3 is 0 Å². The minimum atomic E-state index is -0.570. The third-order valence-corrected chi connectivity index (χ3v) is 2.76. The molecule has 2 rings (SSSR count). The van der Waals surface area contributed by atoms with Crippen molar-refractivity contribution >= 4 is 5.91 Å². The minimum absolute atomic E-state index is 0.0825. The van der Waals surface area contributed by atoms with E-state index in [-0.39, 0.29) is 17.4 Å². The van der Waals surface area contributed by atoms with Gasteiger partial charge in [-0.15, -0.1) is 0 Å². The number of phenols is 1. The van der Waals surface area contributed by atoms with E-state index in [4.69, 9.17) is 0 Å². The quantitative estimate of drug-likeness (QED) is 0.890. The van der Waals surface area contributed by atoms with Crippen LogP contribution in [0, 0.1) is 5.82 Å². The molecule has 1 unspecified atom stereocenters. The van der Waals surface area contributed by atoms with Crippen LogP contribution in [0.4, 0.5) is 4.39 Å². The van der Waals surface area contributed by atoms with Gasteiger partial charge in [-0.3, -0.25) is 9.78 Å². The topological polar surface area (TPSA) is 62.2 Å². The molecule has 1 heterocycles. The highest BCUT2D eigenvalue weighted by molar-refractivity contribution is 5.97. The van der Waals surface area contributed by atoms with Gasteiger partial charge in [-0.25, -0.2) is 4.39 Å². The fourth-order valence-corrected chi connectivity index (χ4v) is 1.70. The third kappa shape index (κ3) is 3.07. The minimum Gasteiger partial charge on any atom is -0.507 e. The Morgan fingerprint density at radius 1 is 1.32 bits per heavy atom. The van der Waals surface area contributed by atoms with Crippen LogP contribution >= 0.6 is 0 Å². The van der Waals surface area contributed by atoms with Gasteiger partial charge in [-0.2, -0.15) is 0 Å². The van der Waals surface area contributed by atoms with E-state index < -0.39 is 11.7 Å². The first-order valence-corrected chi connectivity index (χ1v) is 5.77. The Balaban J connectivity index is 2.15. The molecule has 0 aliphatic rings. The lowest BCUT2D eigenvalue weighted by molar-refractivity contribution is 0.0936. The molecule has 1 amide bonds. The van der Waals surface area contributed by atoms with Gasteiger partial charge in [-0.05, 0) is 42.8 Å². The van der Waals surface area contributed by atoms with Crippen molar-refractivity contribution in [3.05, 3.63) is 59.7 Å². The first-order chi connectivity index (χ1) is 9.08. The first-order valence-electron chi connectivity index (χ1n) is 5.77. The lowest BCUT2D eigenvalue weighted by atomic mass is 10.1. The number of hydrogen-bond donors (Lipinski definition) is 2. The van der Waals surface area contributed by atoms with E-state index in [9.17, 15) is 14.3 Å². The SMILES string of the molecule is CC(NC(=O)c1cc(F)ccc1O)c1ccncc1. The van der Waals surface area contributed by atoms with Gasteiger partial charge in [0.2, 0.25) is 0 Å². The standard InChI is InChI=1S/C14H13FN2O2/c1-9(10-4-6-16-7-5-10)17-14(19)12-8-11(15)2-3-13(12)18/h2-9,18H,1H3,(H,17,19). The number of nitrogens with one attached hydrogen (secondary N) is 1. The number of nitrogens with zero attached hydrogens (tertiary/aromatic N) is 1. The van der Waals surface area contributed by atoms with Gasteiger partial charge in [0.1, 0.15) is 11.6 Å². The Morgan fingerprint density at radius 3 is 2.68 bits per heavy atom. The number of carbonyl (C=O) groups is 1. The summed E-state index contributed by atoms with van der Waals surface area (Å²) in [6.07, 6.45) is 3.25. The van der Waals surface area contributed by atoms with Gasteiger partial charge in [-0.1, -0.05) is 0 Å². The largest absolute Gasteiger partial charge is 0.507 e. The Labute approximate surface area is 109 Å². The summed E-state index contributed by atoms with van der Waals surface area (Å²) in [5.41, 5.74) is 0.792. The van der Waals surface area contributed by atoms with E-state index in [2.05, 4.69) is 10.3 Å². The van der Waals surface area contributed by atoms with Gasteiger partial charge in [0.05, 0.1) is 11.6 Å². The van der Waals surface area contributed by atoms with Gasteiger partial charge in [0.15, 0.2) is 0 Å². The monoisotopic (exact) mass is 260 g/mol. The van der Waals surface area contributed by atoms with Crippen LogP contribution in [0.5, 0.6) is 5.75 Å². The number of benzene rings is 1. The maximum absolute atomic E-state index is 13.1. The molecule has 0 fully saturated rings. The highest BCUT2D eigenvalue weighted by Crippen LogP contribution is 2.19.